The van der Waals surface area contributed by atoms with Crippen LogP contribution in [0.5, 0.6) is 0 Å². The Labute approximate surface area is 92.4 Å². The van der Waals surface area contributed by atoms with Crippen LogP contribution >= 0.6 is 0 Å². The van der Waals surface area contributed by atoms with Crippen molar-refractivity contribution in [3.05, 3.63) is 0 Å². The Balaban J connectivity index is 1.89. The average Bonchev–Trinajstić information content (AvgIpc) is 2.30. The zero-order valence-corrected chi connectivity index (χ0v) is 9.69. The zero-order chi connectivity index (χ0) is 10.7. The summed E-state index contributed by atoms with van der Waals surface area (Å²) in [5.41, 5.74) is 0. The fraction of sp³-hybridized carbons (Fsp3) is 1.00. The van der Waals surface area contributed by atoms with Crippen molar-refractivity contribution in [3.63, 3.8) is 0 Å². The third kappa shape index (κ3) is 2.71. The minimum atomic E-state index is -0.120. The predicted octanol–water partition coefficient (Wildman–Crippen LogP) is 1.40. The topological polar surface area (TPSA) is 32.7 Å². The maximum absolute atomic E-state index is 9.99. The molecule has 1 N–H and O–H groups in total. The summed E-state index contributed by atoms with van der Waals surface area (Å²) in [4.78, 5) is 2.36. The van der Waals surface area contributed by atoms with Gasteiger partial charge in [-0.25, -0.2) is 0 Å². The quantitative estimate of drug-likeness (QED) is 0.752. The number of hydrogen-bond acceptors (Lipinski definition) is 3. The number of likely N-dealkylation sites (N-methyl/N-ethyl adjacent to an activating group) is 1. The first-order chi connectivity index (χ1) is 7.29. The molecule has 0 aromatic heterocycles. The van der Waals surface area contributed by atoms with Crippen LogP contribution < -0.4 is 0 Å². The predicted molar refractivity (Wildman–Crippen MR) is 59.9 cm³/mol. The summed E-state index contributed by atoms with van der Waals surface area (Å²) in [6.07, 6.45) is 6.84. The fourth-order valence-electron chi connectivity index (χ4n) is 2.88. The Kier molecular flexibility index (Phi) is 4.00. The highest BCUT2D eigenvalue weighted by Gasteiger charge is 2.31. The molecule has 1 aliphatic carbocycles. The minimum absolute atomic E-state index is 0.120. The number of nitrogens with zero attached hydrogens (tertiary/aromatic N) is 1. The second-order valence-electron chi connectivity index (χ2n) is 4.96. The van der Waals surface area contributed by atoms with Gasteiger partial charge in [-0.1, -0.05) is 12.8 Å². The Morgan fingerprint density at radius 3 is 2.60 bits per heavy atom. The molecule has 1 saturated carbocycles. The molecule has 0 radical (unpaired) electrons. The summed E-state index contributed by atoms with van der Waals surface area (Å²) in [5, 5.41) is 9.99. The van der Waals surface area contributed by atoms with E-state index in [4.69, 9.17) is 4.74 Å². The van der Waals surface area contributed by atoms with E-state index in [1.165, 1.54) is 19.3 Å². The number of rotatable bonds is 2. The molecule has 2 aliphatic rings. The van der Waals surface area contributed by atoms with E-state index < -0.39 is 0 Å². The molecule has 0 spiro atoms. The molecule has 88 valence electrons. The molecule has 1 aliphatic heterocycles. The molecule has 3 atom stereocenters. The Morgan fingerprint density at radius 2 is 1.93 bits per heavy atom. The van der Waals surface area contributed by atoms with Gasteiger partial charge in [-0.05, 0) is 32.7 Å². The summed E-state index contributed by atoms with van der Waals surface area (Å²) in [7, 11) is 2.15. The lowest BCUT2D eigenvalue weighted by Gasteiger charge is -2.41. The monoisotopic (exact) mass is 213 g/mol. The largest absolute Gasteiger partial charge is 0.391 e. The highest BCUT2D eigenvalue weighted by atomic mass is 16.5. The molecule has 0 amide bonds. The van der Waals surface area contributed by atoms with Gasteiger partial charge >= 0.3 is 0 Å². The van der Waals surface area contributed by atoms with Crippen molar-refractivity contribution in [1.82, 2.24) is 4.90 Å². The van der Waals surface area contributed by atoms with Crippen molar-refractivity contribution in [2.45, 2.75) is 56.7 Å². The third-order valence-corrected chi connectivity index (χ3v) is 3.93. The molecule has 0 bridgehead atoms. The molecule has 15 heavy (non-hydrogen) atoms. The van der Waals surface area contributed by atoms with E-state index in [1.807, 2.05) is 0 Å². The van der Waals surface area contributed by atoms with E-state index in [1.54, 1.807) is 0 Å². The number of aliphatic hydroxyl groups is 1. The summed E-state index contributed by atoms with van der Waals surface area (Å²) in [5.74, 6) is 0. The van der Waals surface area contributed by atoms with Gasteiger partial charge in [-0.3, -0.25) is 4.90 Å². The van der Waals surface area contributed by atoms with Crippen LogP contribution in [0.15, 0.2) is 0 Å². The van der Waals surface area contributed by atoms with Crippen molar-refractivity contribution >= 4 is 0 Å². The van der Waals surface area contributed by atoms with E-state index in [0.29, 0.717) is 12.1 Å². The van der Waals surface area contributed by atoms with Crippen LogP contribution in [0.25, 0.3) is 0 Å². The SMILES string of the molecule is CN(C1CCCOC1)C1CCCCC1O. The molecule has 0 aromatic carbocycles. The summed E-state index contributed by atoms with van der Waals surface area (Å²) >= 11 is 0. The van der Waals surface area contributed by atoms with Crippen molar-refractivity contribution in [1.29, 1.82) is 0 Å². The molecule has 1 heterocycles. The normalized spacial score (nSPS) is 38.2. The number of ether oxygens (including phenoxy) is 1. The Hall–Kier alpha value is -0.120. The molecule has 0 aromatic rings. The fourth-order valence-corrected chi connectivity index (χ4v) is 2.88. The van der Waals surface area contributed by atoms with E-state index >= 15 is 0 Å². The standard InChI is InChI=1S/C12H23NO2/c1-13(10-5-4-8-15-9-10)11-6-2-3-7-12(11)14/h10-12,14H,2-9H2,1H3. The lowest BCUT2D eigenvalue weighted by atomic mass is 9.90. The maximum atomic E-state index is 9.99. The van der Waals surface area contributed by atoms with Gasteiger partial charge in [-0.2, -0.15) is 0 Å². The van der Waals surface area contributed by atoms with Gasteiger partial charge in [0.25, 0.3) is 0 Å². The zero-order valence-electron chi connectivity index (χ0n) is 9.69. The molecule has 3 heteroatoms. The van der Waals surface area contributed by atoms with Crippen LogP contribution in [-0.2, 0) is 4.74 Å². The van der Waals surface area contributed by atoms with Crippen molar-refractivity contribution in [2.24, 2.45) is 0 Å². The van der Waals surface area contributed by atoms with Crippen LogP contribution in [0.3, 0.4) is 0 Å². The summed E-state index contributed by atoms with van der Waals surface area (Å²) < 4.78 is 5.51. The first-order valence-electron chi connectivity index (χ1n) is 6.27. The van der Waals surface area contributed by atoms with E-state index in [9.17, 15) is 5.11 Å². The summed E-state index contributed by atoms with van der Waals surface area (Å²) in [6.45, 7) is 1.76. The van der Waals surface area contributed by atoms with Gasteiger partial charge in [0, 0.05) is 18.7 Å². The van der Waals surface area contributed by atoms with Crippen molar-refractivity contribution < 1.29 is 9.84 Å². The Bertz CT molecular complexity index is 192. The van der Waals surface area contributed by atoms with Crippen LogP contribution in [0.2, 0.25) is 0 Å². The smallest absolute Gasteiger partial charge is 0.0695 e. The lowest BCUT2D eigenvalue weighted by molar-refractivity contribution is -0.0329. The van der Waals surface area contributed by atoms with Gasteiger partial charge in [-0.15, -0.1) is 0 Å². The second kappa shape index (κ2) is 5.28. The van der Waals surface area contributed by atoms with Crippen LogP contribution in [-0.4, -0.2) is 48.5 Å². The number of aliphatic hydroxyl groups excluding tert-OH is 1. The summed E-state index contributed by atoms with van der Waals surface area (Å²) in [6, 6.07) is 0.891. The highest BCUT2D eigenvalue weighted by Crippen LogP contribution is 2.25. The minimum Gasteiger partial charge on any atom is -0.391 e. The van der Waals surface area contributed by atoms with Crippen molar-refractivity contribution in [2.75, 3.05) is 20.3 Å². The van der Waals surface area contributed by atoms with Gasteiger partial charge in [0.1, 0.15) is 0 Å². The number of hydrogen-bond donors (Lipinski definition) is 1. The maximum Gasteiger partial charge on any atom is 0.0695 e. The first-order valence-corrected chi connectivity index (χ1v) is 6.27. The molecule has 2 fully saturated rings. The second-order valence-corrected chi connectivity index (χ2v) is 4.96. The van der Waals surface area contributed by atoms with E-state index in [-0.39, 0.29) is 6.10 Å². The molecular weight excluding hydrogens is 190 g/mol. The van der Waals surface area contributed by atoms with Gasteiger partial charge in [0.2, 0.25) is 0 Å². The van der Waals surface area contributed by atoms with Crippen LogP contribution in [0, 0.1) is 0 Å². The molecular formula is C12H23NO2. The van der Waals surface area contributed by atoms with E-state index in [0.717, 1.165) is 32.5 Å². The molecule has 2 rings (SSSR count). The van der Waals surface area contributed by atoms with E-state index in [2.05, 4.69) is 11.9 Å². The van der Waals surface area contributed by atoms with Crippen LogP contribution in [0.1, 0.15) is 38.5 Å². The third-order valence-electron chi connectivity index (χ3n) is 3.93. The van der Waals surface area contributed by atoms with Crippen LogP contribution in [0.4, 0.5) is 0 Å². The Morgan fingerprint density at radius 1 is 1.13 bits per heavy atom. The molecule has 1 saturated heterocycles. The van der Waals surface area contributed by atoms with Gasteiger partial charge < -0.3 is 9.84 Å². The van der Waals surface area contributed by atoms with Crippen molar-refractivity contribution in [3.8, 4) is 0 Å². The average molecular weight is 213 g/mol. The van der Waals surface area contributed by atoms with Gasteiger partial charge in [0.15, 0.2) is 0 Å². The highest BCUT2D eigenvalue weighted by molar-refractivity contribution is 4.85. The van der Waals surface area contributed by atoms with Gasteiger partial charge in [0.05, 0.1) is 12.7 Å². The molecule has 3 unspecified atom stereocenters. The lowest BCUT2D eigenvalue weighted by Crippen LogP contribution is -2.50. The first kappa shape index (κ1) is 11.4. The molecule has 3 nitrogen and oxygen atoms in total.